The van der Waals surface area contributed by atoms with Crippen molar-refractivity contribution in [1.29, 1.82) is 0 Å². The average molecular weight is 347 g/mol. The molecule has 0 aliphatic carbocycles. The molecule has 1 atom stereocenters. The Balaban J connectivity index is 1.82. The number of hydrogen-bond acceptors (Lipinski definition) is 4. The van der Waals surface area contributed by atoms with Gasteiger partial charge >= 0.3 is 0 Å². The number of carbonyl (C=O) groups is 1. The highest BCUT2D eigenvalue weighted by atomic mass is 16.3. The number of carbonyl (C=O) groups excluding carboxylic acids is 1. The van der Waals surface area contributed by atoms with E-state index in [4.69, 9.17) is 4.99 Å². The Kier molecular flexibility index (Phi) is 3.96. The Morgan fingerprint density at radius 1 is 1.19 bits per heavy atom. The molecule has 1 amide bonds. The van der Waals surface area contributed by atoms with E-state index < -0.39 is 0 Å². The van der Waals surface area contributed by atoms with E-state index in [-0.39, 0.29) is 18.6 Å². The summed E-state index contributed by atoms with van der Waals surface area (Å²) in [5, 5.41) is 14.0. The number of hydrogen-bond donors (Lipinski definition) is 2. The van der Waals surface area contributed by atoms with Gasteiger partial charge in [0, 0.05) is 16.7 Å². The topological polar surface area (TPSA) is 74.0 Å². The monoisotopic (exact) mass is 347 g/mol. The van der Waals surface area contributed by atoms with Crippen LogP contribution in [-0.2, 0) is 4.79 Å². The Morgan fingerprint density at radius 2 is 1.96 bits per heavy atom. The lowest BCUT2D eigenvalue weighted by Crippen LogP contribution is -2.37. The van der Waals surface area contributed by atoms with Crippen LogP contribution in [-0.4, -0.2) is 23.7 Å². The maximum atomic E-state index is 12.6. The fraction of sp³-hybridized carbons (Fsp3) is 0.286. The zero-order chi connectivity index (χ0) is 18.4. The van der Waals surface area contributed by atoms with Gasteiger partial charge in [-0.15, -0.1) is 0 Å². The second kappa shape index (κ2) is 6.18. The summed E-state index contributed by atoms with van der Waals surface area (Å²) in [5.41, 5.74) is 6.46. The van der Waals surface area contributed by atoms with E-state index in [1.807, 2.05) is 45.0 Å². The van der Waals surface area contributed by atoms with E-state index in [1.165, 1.54) is 0 Å². The molecule has 0 spiro atoms. The minimum atomic E-state index is -0.255. The van der Waals surface area contributed by atoms with E-state index in [9.17, 15) is 9.90 Å². The number of fused-ring (bicyclic) bond motifs is 4. The van der Waals surface area contributed by atoms with Crippen LogP contribution >= 0.6 is 0 Å². The minimum absolute atomic E-state index is 0.0789. The summed E-state index contributed by atoms with van der Waals surface area (Å²) < 4.78 is 0. The van der Waals surface area contributed by atoms with E-state index in [0.717, 1.165) is 44.2 Å². The van der Waals surface area contributed by atoms with E-state index in [1.54, 1.807) is 0 Å². The lowest BCUT2D eigenvalue weighted by Gasteiger charge is -2.14. The van der Waals surface area contributed by atoms with Gasteiger partial charge in [0.05, 0.1) is 29.1 Å². The van der Waals surface area contributed by atoms with Crippen LogP contribution in [0.15, 0.2) is 46.0 Å². The van der Waals surface area contributed by atoms with Gasteiger partial charge in [-0.25, -0.2) is 9.98 Å². The van der Waals surface area contributed by atoms with Gasteiger partial charge in [-0.1, -0.05) is 25.1 Å². The van der Waals surface area contributed by atoms with Crippen molar-refractivity contribution >= 4 is 17.2 Å². The third-order valence-electron chi connectivity index (χ3n) is 5.17. The third-order valence-corrected chi connectivity index (χ3v) is 5.17. The number of nitrogens with one attached hydrogen (secondary N) is 1. The van der Waals surface area contributed by atoms with Gasteiger partial charge in [0.25, 0.3) is 5.91 Å². The molecule has 132 valence electrons. The molecule has 0 saturated carbocycles. The summed E-state index contributed by atoms with van der Waals surface area (Å²) in [6.07, 6.45) is 0.671. The molecule has 4 rings (SSSR count). The van der Waals surface area contributed by atoms with Crippen molar-refractivity contribution in [2.45, 2.75) is 33.2 Å². The van der Waals surface area contributed by atoms with E-state index >= 15 is 0 Å². The quantitative estimate of drug-likeness (QED) is 0.759. The normalized spacial score (nSPS) is 14.9. The molecule has 2 aliphatic heterocycles. The largest absolute Gasteiger partial charge is 0.394 e. The summed E-state index contributed by atoms with van der Waals surface area (Å²) in [5.74, 6) is -0.239. The standard InChI is InChI=1S/C21H21N3O2/c1-4-13(10-25)22-21(26)20-12(3)18-11(2)19-15(9-17(18)24-20)14-7-5-6-8-16(14)23-19/h5-9,13,25H,4,10H2,1-3H3,(H,22,26). The van der Waals surface area contributed by atoms with Gasteiger partial charge in [0.2, 0.25) is 0 Å². The summed E-state index contributed by atoms with van der Waals surface area (Å²) in [6.45, 7) is 5.81. The van der Waals surface area contributed by atoms with Crippen molar-refractivity contribution < 1.29 is 9.90 Å². The van der Waals surface area contributed by atoms with Crippen molar-refractivity contribution in [3.63, 3.8) is 0 Å². The highest BCUT2D eigenvalue weighted by molar-refractivity contribution is 6.02. The number of amides is 1. The van der Waals surface area contributed by atoms with Gasteiger partial charge in [-0.2, -0.15) is 0 Å². The molecule has 0 bridgehead atoms. The second-order valence-corrected chi connectivity index (χ2v) is 6.77. The molecular formula is C21H21N3O2. The lowest BCUT2D eigenvalue weighted by atomic mass is 9.96. The number of rotatable bonds is 4. The smallest absolute Gasteiger partial charge is 0.270 e. The zero-order valence-electron chi connectivity index (χ0n) is 15.1. The SMILES string of the molecule is CCC(CO)NC(=O)C1=C(C)c2c(C)c3c(cc2=N1)-c1ccccc1N=3. The molecule has 0 radical (unpaired) electrons. The van der Waals surface area contributed by atoms with Crippen LogP contribution < -0.4 is 16.0 Å². The maximum Gasteiger partial charge on any atom is 0.270 e. The van der Waals surface area contributed by atoms with Crippen molar-refractivity contribution in [2.75, 3.05) is 6.61 Å². The van der Waals surface area contributed by atoms with Crippen LogP contribution in [0.25, 0.3) is 16.7 Å². The highest BCUT2D eigenvalue weighted by Crippen LogP contribution is 2.34. The molecule has 0 saturated heterocycles. The first kappa shape index (κ1) is 16.7. The number of para-hydroxylation sites is 1. The maximum absolute atomic E-state index is 12.6. The second-order valence-electron chi connectivity index (χ2n) is 6.77. The number of aliphatic hydroxyl groups excluding tert-OH is 1. The van der Waals surface area contributed by atoms with Crippen LogP contribution in [0.4, 0.5) is 5.69 Å². The first-order valence-electron chi connectivity index (χ1n) is 8.88. The number of aliphatic hydroxyl groups is 1. The average Bonchev–Trinajstić information content (AvgIpc) is 3.18. The van der Waals surface area contributed by atoms with Crippen molar-refractivity contribution in [1.82, 2.24) is 5.32 Å². The van der Waals surface area contributed by atoms with Crippen molar-refractivity contribution in [2.24, 2.45) is 9.98 Å². The van der Waals surface area contributed by atoms with Crippen LogP contribution in [0.2, 0.25) is 0 Å². The first-order chi connectivity index (χ1) is 12.5. The van der Waals surface area contributed by atoms with Gasteiger partial charge in [-0.3, -0.25) is 4.79 Å². The highest BCUT2D eigenvalue weighted by Gasteiger charge is 2.26. The molecule has 2 N–H and O–H groups in total. The first-order valence-corrected chi connectivity index (χ1v) is 8.88. The molecule has 26 heavy (non-hydrogen) atoms. The number of benzene rings is 2. The summed E-state index contributed by atoms with van der Waals surface area (Å²) in [4.78, 5) is 22.0. The predicted octanol–water partition coefficient (Wildman–Crippen LogP) is 2.18. The van der Waals surface area contributed by atoms with Gasteiger partial charge in [0.15, 0.2) is 0 Å². The Hall–Kier alpha value is -2.79. The summed E-state index contributed by atoms with van der Waals surface area (Å²) in [6, 6.07) is 9.84. The van der Waals surface area contributed by atoms with E-state index in [2.05, 4.69) is 16.4 Å². The molecule has 0 fully saturated rings. The third kappa shape index (κ3) is 2.39. The Morgan fingerprint density at radius 3 is 2.69 bits per heavy atom. The Bertz CT molecular complexity index is 1080. The molecule has 2 aliphatic rings. The summed E-state index contributed by atoms with van der Waals surface area (Å²) in [7, 11) is 0. The molecule has 0 aromatic heterocycles. The van der Waals surface area contributed by atoms with Crippen LogP contribution in [0.3, 0.4) is 0 Å². The van der Waals surface area contributed by atoms with Crippen LogP contribution in [0.1, 0.15) is 31.4 Å². The van der Waals surface area contributed by atoms with Gasteiger partial charge in [-0.05, 0) is 43.5 Å². The minimum Gasteiger partial charge on any atom is -0.394 e. The van der Waals surface area contributed by atoms with Crippen LogP contribution in [0.5, 0.6) is 0 Å². The molecule has 5 heteroatoms. The fourth-order valence-electron chi connectivity index (χ4n) is 3.69. The molecule has 2 aromatic carbocycles. The summed E-state index contributed by atoms with van der Waals surface area (Å²) >= 11 is 0. The molecular weight excluding hydrogens is 326 g/mol. The number of nitrogens with zero attached hydrogens (tertiary/aromatic N) is 2. The zero-order valence-corrected chi connectivity index (χ0v) is 15.1. The van der Waals surface area contributed by atoms with Gasteiger partial charge < -0.3 is 10.4 Å². The fourth-order valence-corrected chi connectivity index (χ4v) is 3.69. The van der Waals surface area contributed by atoms with Crippen molar-refractivity contribution in [3.8, 4) is 11.1 Å². The van der Waals surface area contributed by atoms with Crippen LogP contribution in [0, 0.1) is 6.92 Å². The van der Waals surface area contributed by atoms with Crippen molar-refractivity contribution in [3.05, 3.63) is 57.9 Å². The molecule has 1 unspecified atom stereocenters. The lowest BCUT2D eigenvalue weighted by molar-refractivity contribution is -0.118. The Labute approximate surface area is 151 Å². The van der Waals surface area contributed by atoms with E-state index in [0.29, 0.717) is 12.1 Å². The molecule has 2 heterocycles. The van der Waals surface area contributed by atoms with Gasteiger partial charge in [0.1, 0.15) is 5.70 Å². The molecule has 2 aromatic rings. The predicted molar refractivity (Wildman–Crippen MR) is 100 cm³/mol. The number of allylic oxidation sites excluding steroid dienone is 1. The molecule has 5 nitrogen and oxygen atoms in total.